The average molecular weight is 500 g/mol. The standard InChI is InChI=1S/C22H27Cl2N3O4S/c1-4-13-25-22(29)16(2)26(14-17-9-6-5-7-10-17)20(28)15-27(32(3,30)31)19-12-8-11-18(23)21(19)24/h5-12,16H,4,13-15H2,1-3H3,(H,25,29)/t16-/m1/s1. The third-order valence-corrected chi connectivity index (χ3v) is 6.73. The van der Waals surface area contributed by atoms with Gasteiger partial charge in [-0.15, -0.1) is 0 Å². The molecule has 0 radical (unpaired) electrons. The predicted octanol–water partition coefficient (Wildman–Crippen LogP) is 3.70. The molecule has 2 aromatic rings. The Hall–Kier alpha value is -2.29. The van der Waals surface area contributed by atoms with Crippen LogP contribution in [0, 0.1) is 0 Å². The Morgan fingerprint density at radius 3 is 2.31 bits per heavy atom. The van der Waals surface area contributed by atoms with Gasteiger partial charge in [0.1, 0.15) is 12.6 Å². The van der Waals surface area contributed by atoms with Crippen LogP contribution < -0.4 is 9.62 Å². The average Bonchev–Trinajstić information content (AvgIpc) is 2.75. The highest BCUT2D eigenvalue weighted by molar-refractivity contribution is 7.92. The van der Waals surface area contributed by atoms with Crippen LogP contribution in [0.2, 0.25) is 10.0 Å². The van der Waals surface area contributed by atoms with Crippen LogP contribution in [0.4, 0.5) is 5.69 Å². The number of rotatable bonds is 10. The van der Waals surface area contributed by atoms with Crippen molar-refractivity contribution in [1.82, 2.24) is 10.2 Å². The number of nitrogens with one attached hydrogen (secondary N) is 1. The van der Waals surface area contributed by atoms with E-state index in [4.69, 9.17) is 23.2 Å². The van der Waals surface area contributed by atoms with E-state index in [1.54, 1.807) is 13.0 Å². The molecule has 174 valence electrons. The van der Waals surface area contributed by atoms with Gasteiger partial charge in [-0.25, -0.2) is 8.42 Å². The van der Waals surface area contributed by atoms with Crippen molar-refractivity contribution >= 4 is 50.7 Å². The number of anilines is 1. The lowest BCUT2D eigenvalue weighted by molar-refractivity contribution is -0.139. The van der Waals surface area contributed by atoms with E-state index in [0.717, 1.165) is 22.5 Å². The summed E-state index contributed by atoms with van der Waals surface area (Å²) in [6.07, 6.45) is 1.73. The van der Waals surface area contributed by atoms with Gasteiger partial charge in [-0.2, -0.15) is 0 Å². The Labute approximate surface area is 199 Å². The summed E-state index contributed by atoms with van der Waals surface area (Å²) in [5.74, 6) is -0.864. The highest BCUT2D eigenvalue weighted by Gasteiger charge is 2.30. The van der Waals surface area contributed by atoms with E-state index < -0.39 is 28.5 Å². The summed E-state index contributed by atoms with van der Waals surface area (Å²) in [5.41, 5.74) is 0.903. The molecule has 0 aromatic heterocycles. The van der Waals surface area contributed by atoms with Crippen LogP contribution in [-0.4, -0.2) is 50.5 Å². The molecule has 2 amide bonds. The molecule has 10 heteroatoms. The van der Waals surface area contributed by atoms with Crippen LogP contribution in [0.15, 0.2) is 48.5 Å². The molecule has 0 unspecified atom stereocenters. The third-order valence-electron chi connectivity index (χ3n) is 4.79. The van der Waals surface area contributed by atoms with Gasteiger partial charge in [-0.3, -0.25) is 13.9 Å². The molecule has 32 heavy (non-hydrogen) atoms. The summed E-state index contributed by atoms with van der Waals surface area (Å²) in [4.78, 5) is 27.3. The number of halogens is 2. The van der Waals surface area contributed by atoms with Crippen LogP contribution in [0.1, 0.15) is 25.8 Å². The molecule has 7 nitrogen and oxygen atoms in total. The van der Waals surface area contributed by atoms with E-state index in [-0.39, 0.29) is 28.2 Å². The molecular weight excluding hydrogens is 473 g/mol. The minimum Gasteiger partial charge on any atom is -0.354 e. The zero-order chi connectivity index (χ0) is 23.9. The zero-order valence-corrected chi connectivity index (χ0v) is 20.5. The number of carbonyl (C=O) groups excluding carboxylic acids is 2. The van der Waals surface area contributed by atoms with Gasteiger partial charge in [0.2, 0.25) is 21.8 Å². The van der Waals surface area contributed by atoms with Crippen LogP contribution in [-0.2, 0) is 26.2 Å². The summed E-state index contributed by atoms with van der Waals surface area (Å²) in [7, 11) is -3.88. The normalized spacial score (nSPS) is 12.2. The second kappa shape index (κ2) is 11.5. The number of sulfonamides is 1. The fourth-order valence-electron chi connectivity index (χ4n) is 3.04. The molecule has 0 saturated heterocycles. The van der Waals surface area contributed by atoms with E-state index in [2.05, 4.69) is 5.32 Å². The van der Waals surface area contributed by atoms with Crippen molar-refractivity contribution in [3.8, 4) is 0 Å². The number of amides is 2. The topological polar surface area (TPSA) is 86.8 Å². The molecule has 0 aliphatic heterocycles. The molecule has 2 aromatic carbocycles. The monoisotopic (exact) mass is 499 g/mol. The van der Waals surface area contributed by atoms with Crippen molar-refractivity contribution in [3.63, 3.8) is 0 Å². The molecule has 1 atom stereocenters. The Morgan fingerprint density at radius 1 is 1.06 bits per heavy atom. The summed E-state index contributed by atoms with van der Waals surface area (Å²) < 4.78 is 26.0. The van der Waals surface area contributed by atoms with Crippen molar-refractivity contribution < 1.29 is 18.0 Å². The number of hydrogen-bond donors (Lipinski definition) is 1. The number of hydrogen-bond acceptors (Lipinski definition) is 4. The summed E-state index contributed by atoms with van der Waals surface area (Å²) in [5, 5.41) is 2.97. The second-order valence-corrected chi connectivity index (χ2v) is 10.0. The lowest BCUT2D eigenvalue weighted by Crippen LogP contribution is -2.51. The second-order valence-electron chi connectivity index (χ2n) is 7.32. The van der Waals surface area contributed by atoms with Crippen molar-refractivity contribution in [2.75, 3.05) is 23.7 Å². The lowest BCUT2D eigenvalue weighted by atomic mass is 10.1. The van der Waals surface area contributed by atoms with Crippen molar-refractivity contribution in [2.45, 2.75) is 32.9 Å². The molecular formula is C22H27Cl2N3O4S. The first-order valence-corrected chi connectivity index (χ1v) is 12.7. The number of benzene rings is 2. The first kappa shape index (κ1) is 26.0. The first-order valence-electron chi connectivity index (χ1n) is 10.1. The summed E-state index contributed by atoms with van der Waals surface area (Å²) in [6, 6.07) is 12.9. The largest absolute Gasteiger partial charge is 0.354 e. The lowest BCUT2D eigenvalue weighted by Gasteiger charge is -2.31. The molecule has 0 bridgehead atoms. The molecule has 2 rings (SSSR count). The Balaban J connectivity index is 2.39. The molecule has 0 saturated carbocycles. The molecule has 0 heterocycles. The third kappa shape index (κ3) is 6.85. The maximum absolute atomic E-state index is 13.4. The highest BCUT2D eigenvalue weighted by atomic mass is 35.5. The first-order chi connectivity index (χ1) is 15.1. The van der Waals surface area contributed by atoms with Gasteiger partial charge >= 0.3 is 0 Å². The Bertz CT molecular complexity index is 1050. The molecule has 0 aliphatic carbocycles. The fourth-order valence-corrected chi connectivity index (χ4v) is 4.34. The Kier molecular flexibility index (Phi) is 9.36. The SMILES string of the molecule is CCCNC(=O)[C@@H](C)N(Cc1ccccc1)C(=O)CN(c1cccc(Cl)c1Cl)S(C)(=O)=O. The maximum atomic E-state index is 13.4. The number of carbonyl (C=O) groups is 2. The van der Waals surface area contributed by atoms with E-state index in [9.17, 15) is 18.0 Å². The van der Waals surface area contributed by atoms with Gasteiger partial charge in [0.05, 0.1) is 22.0 Å². The molecule has 0 aliphatic rings. The van der Waals surface area contributed by atoms with Crippen molar-refractivity contribution in [3.05, 3.63) is 64.1 Å². The number of nitrogens with zero attached hydrogens (tertiary/aromatic N) is 2. The van der Waals surface area contributed by atoms with Crippen LogP contribution in [0.5, 0.6) is 0 Å². The maximum Gasteiger partial charge on any atom is 0.244 e. The minimum absolute atomic E-state index is 0.0238. The van der Waals surface area contributed by atoms with Crippen molar-refractivity contribution in [1.29, 1.82) is 0 Å². The smallest absolute Gasteiger partial charge is 0.244 e. The van der Waals surface area contributed by atoms with Crippen molar-refractivity contribution in [2.24, 2.45) is 0 Å². The molecule has 0 spiro atoms. The van der Waals surface area contributed by atoms with Gasteiger partial charge in [0.25, 0.3) is 0 Å². The van der Waals surface area contributed by atoms with Gasteiger partial charge in [-0.1, -0.05) is 66.5 Å². The minimum atomic E-state index is -3.88. The summed E-state index contributed by atoms with van der Waals surface area (Å²) in [6.45, 7) is 3.63. The van der Waals surface area contributed by atoms with Gasteiger partial charge in [-0.05, 0) is 31.0 Å². The van der Waals surface area contributed by atoms with Crippen LogP contribution >= 0.6 is 23.2 Å². The van der Waals surface area contributed by atoms with E-state index in [0.29, 0.717) is 6.54 Å². The predicted molar refractivity (Wildman–Crippen MR) is 128 cm³/mol. The van der Waals surface area contributed by atoms with Gasteiger partial charge < -0.3 is 10.2 Å². The van der Waals surface area contributed by atoms with E-state index >= 15 is 0 Å². The molecule has 0 fully saturated rings. The van der Waals surface area contributed by atoms with Gasteiger partial charge in [0.15, 0.2) is 0 Å². The summed E-state index contributed by atoms with van der Waals surface area (Å²) >= 11 is 12.3. The Morgan fingerprint density at radius 2 is 1.72 bits per heavy atom. The highest BCUT2D eigenvalue weighted by Crippen LogP contribution is 2.33. The van der Waals surface area contributed by atoms with Crippen LogP contribution in [0.25, 0.3) is 0 Å². The quantitative estimate of drug-likeness (QED) is 0.539. The fraction of sp³-hybridized carbons (Fsp3) is 0.364. The molecule has 1 N–H and O–H groups in total. The van der Waals surface area contributed by atoms with E-state index in [1.165, 1.54) is 17.0 Å². The van der Waals surface area contributed by atoms with E-state index in [1.807, 2.05) is 37.3 Å². The zero-order valence-electron chi connectivity index (χ0n) is 18.2. The van der Waals surface area contributed by atoms with Crippen LogP contribution in [0.3, 0.4) is 0 Å². The van der Waals surface area contributed by atoms with Gasteiger partial charge in [0, 0.05) is 13.1 Å².